The normalized spacial score (nSPS) is 17.7. The highest BCUT2D eigenvalue weighted by molar-refractivity contribution is 5.99. The lowest BCUT2D eigenvalue weighted by molar-refractivity contribution is -0.123. The summed E-state index contributed by atoms with van der Waals surface area (Å²) in [6, 6.07) is 15.3. The smallest absolute Gasteiger partial charge is 0.290 e. The van der Waals surface area contributed by atoms with E-state index in [0.717, 1.165) is 35.5 Å². The highest BCUT2D eigenvalue weighted by atomic mass is 16.3. The van der Waals surface area contributed by atoms with Crippen LogP contribution < -0.4 is 10.2 Å². The molecule has 2 aromatic rings. The molecule has 0 aliphatic carbocycles. The van der Waals surface area contributed by atoms with Crippen molar-refractivity contribution in [3.63, 3.8) is 0 Å². The van der Waals surface area contributed by atoms with Gasteiger partial charge in [0, 0.05) is 36.7 Å². The number of nitrogens with one attached hydrogen (secondary N) is 1. The lowest BCUT2D eigenvalue weighted by Crippen LogP contribution is -2.26. The summed E-state index contributed by atoms with van der Waals surface area (Å²) in [5.74, 6) is 0.0531. The van der Waals surface area contributed by atoms with Crippen LogP contribution in [0.2, 0.25) is 0 Å². The van der Waals surface area contributed by atoms with E-state index in [-0.39, 0.29) is 24.2 Å². The number of fused-ring (bicyclic) bond motifs is 1. The number of carboxylic acid groups (broad SMARTS) is 1. The molecule has 1 atom stereocenters. The van der Waals surface area contributed by atoms with Crippen molar-refractivity contribution in [2.45, 2.75) is 25.2 Å². The van der Waals surface area contributed by atoms with Gasteiger partial charge in [-0.1, -0.05) is 18.2 Å². The Kier molecular flexibility index (Phi) is 5.70. The van der Waals surface area contributed by atoms with E-state index in [1.165, 1.54) is 0 Å². The van der Waals surface area contributed by atoms with Gasteiger partial charge in [0.2, 0.25) is 11.8 Å². The molecule has 1 saturated heterocycles. The Bertz CT molecular complexity index is 947. The van der Waals surface area contributed by atoms with E-state index >= 15 is 0 Å². The molecule has 2 N–H and O–H groups in total. The van der Waals surface area contributed by atoms with Crippen LogP contribution in [-0.4, -0.2) is 29.9 Å². The van der Waals surface area contributed by atoms with Gasteiger partial charge in [-0.15, -0.1) is 0 Å². The number of amides is 2. The molecule has 4 rings (SSSR count). The molecule has 7 nitrogen and oxygen atoms in total. The molecule has 2 amide bonds. The molecule has 0 bridgehead atoms. The zero-order valence-electron chi connectivity index (χ0n) is 15.1. The van der Waals surface area contributed by atoms with Crippen LogP contribution in [0.25, 0.3) is 0 Å². The lowest BCUT2D eigenvalue weighted by Gasteiger charge is -2.27. The van der Waals surface area contributed by atoms with Crippen molar-refractivity contribution in [2.75, 3.05) is 16.8 Å². The molecule has 0 saturated carbocycles. The summed E-state index contributed by atoms with van der Waals surface area (Å²) in [7, 11) is 0. The third kappa shape index (κ3) is 3.86. The van der Waals surface area contributed by atoms with E-state index in [2.05, 4.69) is 11.4 Å². The van der Waals surface area contributed by atoms with Crippen molar-refractivity contribution in [3.05, 3.63) is 59.2 Å². The molecule has 2 aromatic carbocycles. The molecule has 2 aliphatic heterocycles. The van der Waals surface area contributed by atoms with Gasteiger partial charge in [-0.25, -0.2) is 0 Å². The number of hydrogen-bond acceptors (Lipinski definition) is 4. The molecule has 2 heterocycles. The van der Waals surface area contributed by atoms with Gasteiger partial charge in [-0.05, 0) is 41.8 Å². The van der Waals surface area contributed by atoms with Gasteiger partial charge in [0.1, 0.15) is 0 Å². The Morgan fingerprint density at radius 2 is 1.89 bits per heavy atom. The standard InChI is InChI=1S/C20H17N3O2.CH2O2/c21-12-13-3-5-14(6-4-13)17-11-19(24)22-18-10-15(7-8-16(17)18)23-9-1-2-20(23)25;2-1-3/h3-8,10,17H,1-2,9,11H2,(H,22,24);1H,(H,2,3). The first-order valence-corrected chi connectivity index (χ1v) is 8.89. The number of hydrogen-bond donors (Lipinski definition) is 2. The minimum Gasteiger partial charge on any atom is -0.483 e. The molecule has 142 valence electrons. The average Bonchev–Trinajstić information content (AvgIpc) is 3.13. The topological polar surface area (TPSA) is 111 Å². The van der Waals surface area contributed by atoms with Gasteiger partial charge in [0.15, 0.2) is 0 Å². The van der Waals surface area contributed by atoms with Gasteiger partial charge in [0.25, 0.3) is 6.47 Å². The van der Waals surface area contributed by atoms with Crippen molar-refractivity contribution in [3.8, 4) is 6.07 Å². The van der Waals surface area contributed by atoms with Crippen molar-refractivity contribution in [2.24, 2.45) is 0 Å². The molecular weight excluding hydrogens is 358 g/mol. The zero-order valence-corrected chi connectivity index (χ0v) is 15.1. The van der Waals surface area contributed by atoms with Crippen molar-refractivity contribution < 1.29 is 19.5 Å². The van der Waals surface area contributed by atoms with Crippen LogP contribution in [0.1, 0.15) is 41.9 Å². The second kappa shape index (κ2) is 8.35. The van der Waals surface area contributed by atoms with Crippen LogP contribution in [0.4, 0.5) is 11.4 Å². The Labute approximate surface area is 162 Å². The van der Waals surface area contributed by atoms with Crippen molar-refractivity contribution in [1.82, 2.24) is 0 Å². The van der Waals surface area contributed by atoms with E-state index < -0.39 is 0 Å². The summed E-state index contributed by atoms with van der Waals surface area (Å²) in [5.41, 5.74) is 4.26. The Hall–Kier alpha value is -3.66. The van der Waals surface area contributed by atoms with Crippen LogP contribution in [0, 0.1) is 11.3 Å². The maximum Gasteiger partial charge on any atom is 0.290 e. The van der Waals surface area contributed by atoms with E-state index in [1.54, 1.807) is 17.0 Å². The molecule has 0 aromatic heterocycles. The fourth-order valence-electron chi connectivity index (χ4n) is 3.63. The van der Waals surface area contributed by atoms with Crippen LogP contribution in [0.3, 0.4) is 0 Å². The van der Waals surface area contributed by atoms with Crippen LogP contribution in [0.5, 0.6) is 0 Å². The van der Waals surface area contributed by atoms with Gasteiger partial charge >= 0.3 is 0 Å². The first-order chi connectivity index (χ1) is 13.6. The minimum atomic E-state index is -0.250. The minimum absolute atomic E-state index is 0.0354. The number of nitrogens with zero attached hydrogens (tertiary/aromatic N) is 2. The number of carbonyl (C=O) groups excluding carboxylic acids is 2. The quantitative estimate of drug-likeness (QED) is 0.782. The predicted molar refractivity (Wildman–Crippen MR) is 103 cm³/mol. The fraction of sp³-hybridized carbons (Fsp3) is 0.238. The lowest BCUT2D eigenvalue weighted by atomic mass is 9.84. The number of rotatable bonds is 2. The summed E-state index contributed by atoms with van der Waals surface area (Å²) < 4.78 is 0. The predicted octanol–water partition coefficient (Wildman–Crippen LogP) is 2.86. The molecule has 0 spiro atoms. The van der Waals surface area contributed by atoms with E-state index in [1.807, 2.05) is 30.3 Å². The summed E-state index contributed by atoms with van der Waals surface area (Å²) in [6.45, 7) is 0.477. The summed E-state index contributed by atoms with van der Waals surface area (Å²) in [5, 5.41) is 18.8. The largest absolute Gasteiger partial charge is 0.483 e. The number of nitriles is 1. The van der Waals surface area contributed by atoms with E-state index in [4.69, 9.17) is 15.2 Å². The van der Waals surface area contributed by atoms with E-state index in [9.17, 15) is 9.59 Å². The molecule has 2 aliphatic rings. The highest BCUT2D eigenvalue weighted by Crippen LogP contribution is 2.39. The Morgan fingerprint density at radius 1 is 1.18 bits per heavy atom. The number of carbonyl (C=O) groups is 3. The van der Waals surface area contributed by atoms with Gasteiger partial charge in [-0.2, -0.15) is 5.26 Å². The SMILES string of the molecule is N#Cc1ccc(C2CC(=O)Nc3cc(N4CCCC4=O)ccc32)cc1.O=CO. The third-order valence-corrected chi connectivity index (χ3v) is 4.90. The maximum atomic E-state index is 12.2. The second-order valence-electron chi connectivity index (χ2n) is 6.56. The summed E-state index contributed by atoms with van der Waals surface area (Å²) >= 11 is 0. The summed E-state index contributed by atoms with van der Waals surface area (Å²) in [6.07, 6.45) is 1.83. The Balaban J connectivity index is 0.000000706. The van der Waals surface area contributed by atoms with Crippen LogP contribution in [0.15, 0.2) is 42.5 Å². The number of benzene rings is 2. The van der Waals surface area contributed by atoms with Crippen molar-refractivity contribution >= 4 is 29.7 Å². The third-order valence-electron chi connectivity index (χ3n) is 4.90. The molecule has 1 unspecified atom stereocenters. The van der Waals surface area contributed by atoms with Crippen LogP contribution in [-0.2, 0) is 14.4 Å². The molecule has 1 fully saturated rings. The average molecular weight is 377 g/mol. The Morgan fingerprint density at radius 3 is 2.50 bits per heavy atom. The van der Waals surface area contributed by atoms with Gasteiger partial charge in [-0.3, -0.25) is 14.4 Å². The fourth-order valence-corrected chi connectivity index (χ4v) is 3.63. The highest BCUT2D eigenvalue weighted by Gasteiger charge is 2.28. The van der Waals surface area contributed by atoms with E-state index in [0.29, 0.717) is 18.4 Å². The van der Waals surface area contributed by atoms with Crippen molar-refractivity contribution in [1.29, 1.82) is 5.26 Å². The zero-order chi connectivity index (χ0) is 20.1. The maximum absolute atomic E-state index is 12.2. The molecule has 28 heavy (non-hydrogen) atoms. The molecular formula is C21H19N3O4. The summed E-state index contributed by atoms with van der Waals surface area (Å²) in [4.78, 5) is 34.3. The second-order valence-corrected chi connectivity index (χ2v) is 6.56. The van der Waals surface area contributed by atoms with Crippen LogP contribution >= 0.6 is 0 Å². The van der Waals surface area contributed by atoms with Gasteiger partial charge in [0.05, 0.1) is 11.6 Å². The monoisotopic (exact) mass is 377 g/mol. The molecule has 0 radical (unpaired) electrons. The first kappa shape index (κ1) is 19.1. The molecule has 7 heteroatoms. The van der Waals surface area contributed by atoms with Gasteiger partial charge < -0.3 is 15.3 Å². The first-order valence-electron chi connectivity index (χ1n) is 8.89. The number of anilines is 2.